The average Bonchev–Trinajstić information content (AvgIpc) is 3.33. The summed E-state index contributed by atoms with van der Waals surface area (Å²) >= 11 is 7.21. The molecule has 0 fully saturated rings. The fourth-order valence-electron chi connectivity index (χ4n) is 4.04. The Morgan fingerprint density at radius 1 is 0.925 bits per heavy atom. The van der Waals surface area contributed by atoms with Crippen LogP contribution >= 0.6 is 22.9 Å². The lowest BCUT2D eigenvalue weighted by molar-refractivity contribution is 0.0989. The van der Waals surface area contributed by atoms with Crippen LogP contribution in [-0.4, -0.2) is 21.2 Å². The van der Waals surface area contributed by atoms with Crippen molar-refractivity contribution in [3.8, 4) is 11.5 Å². The van der Waals surface area contributed by atoms with Gasteiger partial charge in [0, 0.05) is 28.2 Å². The third-order valence-corrected chi connectivity index (χ3v) is 7.47. The molecule has 8 nitrogen and oxygen atoms in total. The highest BCUT2D eigenvalue weighted by molar-refractivity contribution is 7.19. The van der Waals surface area contributed by atoms with Crippen LogP contribution in [0.1, 0.15) is 44.8 Å². The van der Waals surface area contributed by atoms with E-state index in [2.05, 4.69) is 15.6 Å². The Morgan fingerprint density at radius 2 is 1.60 bits per heavy atom. The summed E-state index contributed by atoms with van der Waals surface area (Å²) in [5, 5.41) is 6.06. The second-order valence-corrected chi connectivity index (χ2v) is 10.4. The van der Waals surface area contributed by atoms with Crippen molar-refractivity contribution in [1.29, 1.82) is 0 Å². The number of anilines is 2. The molecule has 202 valence electrons. The zero-order valence-corrected chi connectivity index (χ0v) is 23.3. The molecule has 0 spiro atoms. The monoisotopic (exact) mass is 572 g/mol. The van der Waals surface area contributed by atoms with Crippen molar-refractivity contribution in [2.75, 3.05) is 10.6 Å². The number of nitrogens with zero attached hydrogens (tertiary/aromatic N) is 2. The molecule has 0 saturated carbocycles. The van der Waals surface area contributed by atoms with E-state index in [-0.39, 0.29) is 15.5 Å². The number of halogens is 1. The molecule has 0 aliphatic carbocycles. The lowest BCUT2D eigenvalue weighted by Gasteiger charge is -2.10. The van der Waals surface area contributed by atoms with E-state index in [1.165, 1.54) is 10.5 Å². The maximum atomic E-state index is 13.5. The largest absolute Gasteiger partial charge is 0.457 e. The number of aryl methyl sites for hydroxylation is 2. The van der Waals surface area contributed by atoms with Gasteiger partial charge in [0.25, 0.3) is 17.4 Å². The van der Waals surface area contributed by atoms with Gasteiger partial charge in [0.05, 0.1) is 0 Å². The molecule has 2 amide bonds. The first kappa shape index (κ1) is 27.1. The highest BCUT2D eigenvalue weighted by atomic mass is 35.5. The summed E-state index contributed by atoms with van der Waals surface area (Å²) in [6, 6.07) is 22.7. The van der Waals surface area contributed by atoms with E-state index in [9.17, 15) is 14.4 Å². The number of amides is 2. The Bertz CT molecular complexity index is 1770. The number of hydrogen-bond donors (Lipinski definition) is 2. The van der Waals surface area contributed by atoms with Crippen LogP contribution < -0.4 is 20.9 Å². The predicted molar refractivity (Wildman–Crippen MR) is 158 cm³/mol. The standard InChI is InChI=1S/C30H25ClN4O4S/c1-3-7-20-17-25(36)35-26(28(37)33-21-11-10-18(2)24(31)16-21)27(40-30(35)34-20)29(38)32-19-12-14-23(15-13-19)39-22-8-5-4-6-9-22/h4-6,8-17H,3,7H2,1-2H3,(H,32,38)(H,33,37). The van der Waals surface area contributed by atoms with Crippen LogP contribution in [0.25, 0.3) is 4.96 Å². The molecule has 0 aliphatic heterocycles. The minimum Gasteiger partial charge on any atom is -0.457 e. The van der Waals surface area contributed by atoms with Crippen LogP contribution in [0.2, 0.25) is 5.02 Å². The molecule has 5 aromatic rings. The summed E-state index contributed by atoms with van der Waals surface area (Å²) in [4.78, 5) is 45.0. The van der Waals surface area contributed by atoms with Gasteiger partial charge in [-0.1, -0.05) is 60.5 Å². The summed E-state index contributed by atoms with van der Waals surface area (Å²) in [6.45, 7) is 3.83. The molecule has 0 aliphatic rings. The number of hydrogen-bond acceptors (Lipinski definition) is 6. The van der Waals surface area contributed by atoms with Gasteiger partial charge in [-0.05, 0) is 67.4 Å². The van der Waals surface area contributed by atoms with Crippen LogP contribution in [0.15, 0.2) is 83.7 Å². The Kier molecular flexibility index (Phi) is 7.95. The Balaban J connectivity index is 1.47. The van der Waals surface area contributed by atoms with Gasteiger partial charge in [0.15, 0.2) is 4.96 Å². The maximum absolute atomic E-state index is 13.5. The van der Waals surface area contributed by atoms with Crippen LogP contribution in [-0.2, 0) is 6.42 Å². The Morgan fingerprint density at radius 3 is 2.30 bits per heavy atom. The second-order valence-electron chi connectivity index (χ2n) is 9.05. The molecule has 2 heterocycles. The minimum absolute atomic E-state index is 0.0542. The molecule has 2 aromatic heterocycles. The summed E-state index contributed by atoms with van der Waals surface area (Å²) in [6.07, 6.45) is 1.40. The number of carbonyl (C=O) groups excluding carboxylic acids is 2. The van der Waals surface area contributed by atoms with E-state index in [0.29, 0.717) is 40.0 Å². The number of carbonyl (C=O) groups is 2. The minimum atomic E-state index is -0.630. The zero-order chi connectivity index (χ0) is 28.2. The fraction of sp³-hybridized carbons (Fsp3) is 0.133. The van der Waals surface area contributed by atoms with Gasteiger partial charge in [0.1, 0.15) is 22.1 Å². The molecule has 10 heteroatoms. The van der Waals surface area contributed by atoms with Crippen molar-refractivity contribution in [2.24, 2.45) is 0 Å². The third-order valence-electron chi connectivity index (χ3n) is 6.02. The summed E-state index contributed by atoms with van der Waals surface area (Å²) in [5.41, 5.74) is 1.85. The molecule has 3 aromatic carbocycles. The van der Waals surface area contributed by atoms with Crippen molar-refractivity contribution in [3.63, 3.8) is 0 Å². The van der Waals surface area contributed by atoms with Crippen molar-refractivity contribution in [2.45, 2.75) is 26.7 Å². The van der Waals surface area contributed by atoms with E-state index >= 15 is 0 Å². The molecular weight excluding hydrogens is 548 g/mol. The quantitative estimate of drug-likeness (QED) is 0.209. The molecule has 0 unspecified atom stereocenters. The van der Waals surface area contributed by atoms with Crippen LogP contribution in [0.4, 0.5) is 11.4 Å². The van der Waals surface area contributed by atoms with Gasteiger partial charge in [-0.15, -0.1) is 0 Å². The van der Waals surface area contributed by atoms with Gasteiger partial charge in [-0.2, -0.15) is 0 Å². The van der Waals surface area contributed by atoms with Gasteiger partial charge in [-0.25, -0.2) is 9.38 Å². The predicted octanol–water partition coefficient (Wildman–Crippen LogP) is 6.97. The molecule has 40 heavy (non-hydrogen) atoms. The summed E-state index contributed by atoms with van der Waals surface area (Å²) in [7, 11) is 0. The first-order valence-corrected chi connectivity index (χ1v) is 13.8. The second kappa shape index (κ2) is 11.7. The number of nitrogens with one attached hydrogen (secondary N) is 2. The van der Waals surface area contributed by atoms with E-state index in [1.54, 1.807) is 42.5 Å². The van der Waals surface area contributed by atoms with Gasteiger partial charge in [0.2, 0.25) is 0 Å². The van der Waals surface area contributed by atoms with Crippen LogP contribution in [0.5, 0.6) is 11.5 Å². The van der Waals surface area contributed by atoms with Crippen LogP contribution in [0.3, 0.4) is 0 Å². The van der Waals surface area contributed by atoms with Crippen molar-refractivity contribution < 1.29 is 14.3 Å². The number of aromatic nitrogens is 2. The van der Waals surface area contributed by atoms with E-state index in [4.69, 9.17) is 16.3 Å². The molecule has 0 saturated heterocycles. The smallest absolute Gasteiger partial charge is 0.274 e. The number of ether oxygens (including phenoxy) is 1. The first-order chi connectivity index (χ1) is 19.3. The Labute approximate surface area is 239 Å². The van der Waals surface area contributed by atoms with E-state index in [0.717, 1.165) is 23.3 Å². The van der Waals surface area contributed by atoms with Gasteiger partial charge < -0.3 is 15.4 Å². The lowest BCUT2D eigenvalue weighted by Crippen LogP contribution is -2.25. The molecule has 0 radical (unpaired) electrons. The topological polar surface area (TPSA) is 102 Å². The normalized spacial score (nSPS) is 10.9. The number of rotatable bonds is 8. The number of benzene rings is 3. The van der Waals surface area contributed by atoms with E-state index < -0.39 is 17.4 Å². The molecule has 5 rings (SSSR count). The highest BCUT2D eigenvalue weighted by Crippen LogP contribution is 2.27. The molecular formula is C30H25ClN4O4S. The van der Waals surface area contributed by atoms with Crippen molar-refractivity contribution in [1.82, 2.24) is 9.38 Å². The van der Waals surface area contributed by atoms with Crippen molar-refractivity contribution in [3.05, 3.63) is 116 Å². The van der Waals surface area contributed by atoms with Gasteiger partial charge >= 0.3 is 0 Å². The van der Waals surface area contributed by atoms with E-state index in [1.807, 2.05) is 44.2 Å². The molecule has 0 atom stereocenters. The summed E-state index contributed by atoms with van der Waals surface area (Å²) < 4.78 is 6.99. The molecule has 0 bridgehead atoms. The summed E-state index contributed by atoms with van der Waals surface area (Å²) in [5.74, 6) is 0.114. The number of fused-ring (bicyclic) bond motifs is 1. The third kappa shape index (κ3) is 5.90. The SMILES string of the molecule is CCCc1cc(=O)n2c(C(=O)Nc3ccc(C)c(Cl)c3)c(C(=O)Nc3ccc(Oc4ccccc4)cc3)sc2n1. The number of para-hydroxylation sites is 1. The molecule has 2 N–H and O–H groups in total. The average molecular weight is 573 g/mol. The highest BCUT2D eigenvalue weighted by Gasteiger charge is 2.26. The lowest BCUT2D eigenvalue weighted by atomic mass is 10.2. The van der Waals surface area contributed by atoms with Crippen molar-refractivity contribution >= 4 is 51.1 Å². The van der Waals surface area contributed by atoms with Gasteiger partial charge in [-0.3, -0.25) is 14.4 Å². The maximum Gasteiger partial charge on any atom is 0.274 e. The zero-order valence-electron chi connectivity index (χ0n) is 21.7. The fourth-order valence-corrected chi connectivity index (χ4v) is 5.27. The first-order valence-electron chi connectivity index (χ1n) is 12.6. The Hall–Kier alpha value is -4.47. The van der Waals surface area contributed by atoms with Crippen LogP contribution in [0, 0.1) is 6.92 Å². The number of thiazole rings is 1.